The molecule has 0 saturated carbocycles. The largest absolute Gasteiger partial charge is 0.478 e. The number of ether oxygens (including phenoxy) is 1. The molecule has 0 unspecified atom stereocenters. The Morgan fingerprint density at radius 2 is 1.46 bits per heavy atom. The summed E-state index contributed by atoms with van der Waals surface area (Å²) < 4.78 is 89.8. The number of halogens is 4. The molecule has 0 radical (unpaired) electrons. The number of hydrogen-bond donors (Lipinski definition) is 2. The number of aromatic carboxylic acids is 1. The van der Waals surface area contributed by atoms with Crippen LogP contribution in [0.4, 0.5) is 17.6 Å². The van der Waals surface area contributed by atoms with Crippen LogP contribution in [0.15, 0.2) is 29.2 Å². The summed E-state index contributed by atoms with van der Waals surface area (Å²) in [4.78, 5) is 8.75. The van der Waals surface area contributed by atoms with E-state index in [2.05, 4.69) is 4.74 Å². The van der Waals surface area contributed by atoms with Crippen LogP contribution in [-0.4, -0.2) is 24.0 Å². The molecule has 128 valence electrons. The van der Waals surface area contributed by atoms with Gasteiger partial charge in [-0.1, -0.05) is 12.1 Å². The molecule has 2 aromatic carbocycles. The Morgan fingerprint density at radius 3 is 1.92 bits per heavy atom. The molecule has 11 heteroatoms. The Balaban J connectivity index is 2.69. The van der Waals surface area contributed by atoms with Crippen molar-refractivity contribution in [2.75, 3.05) is 0 Å². The Hall–Kier alpha value is -2.66. The van der Waals surface area contributed by atoms with E-state index in [0.29, 0.717) is 0 Å². The van der Waals surface area contributed by atoms with Crippen molar-refractivity contribution in [3.05, 3.63) is 53.1 Å². The zero-order valence-corrected chi connectivity index (χ0v) is 12.1. The monoisotopic (exact) mass is 366 g/mol. The molecule has 24 heavy (non-hydrogen) atoms. The average Bonchev–Trinajstić information content (AvgIpc) is 2.48. The molecule has 0 aromatic heterocycles. The molecule has 0 bridgehead atoms. The van der Waals surface area contributed by atoms with Crippen LogP contribution in [0.5, 0.6) is 11.5 Å². The third-order valence-corrected chi connectivity index (χ3v) is 3.64. The highest BCUT2D eigenvalue weighted by Gasteiger charge is 2.33. The van der Waals surface area contributed by atoms with Crippen molar-refractivity contribution >= 4 is 16.1 Å². The van der Waals surface area contributed by atoms with Gasteiger partial charge in [0.1, 0.15) is 11.3 Å². The Morgan fingerprint density at radius 1 is 0.958 bits per heavy atom. The van der Waals surface area contributed by atoms with Gasteiger partial charge < -0.3 is 9.84 Å². The first-order chi connectivity index (χ1) is 11.1. The third-order valence-electron chi connectivity index (χ3n) is 2.77. The topological polar surface area (TPSA) is 101 Å². The summed E-state index contributed by atoms with van der Waals surface area (Å²) in [7, 11) is -5.60. The molecular formula is C13H6F4O6S. The lowest BCUT2D eigenvalue weighted by atomic mass is 10.2. The van der Waals surface area contributed by atoms with E-state index in [1.807, 2.05) is 0 Å². The van der Waals surface area contributed by atoms with Crippen molar-refractivity contribution < 1.29 is 45.2 Å². The van der Waals surface area contributed by atoms with E-state index in [9.17, 15) is 30.8 Å². The minimum atomic E-state index is -5.60. The number of carbonyl (C=O) groups is 1. The number of carboxylic acids is 1. The zero-order chi connectivity index (χ0) is 18.2. The van der Waals surface area contributed by atoms with Gasteiger partial charge in [0.25, 0.3) is 0 Å². The maximum Gasteiger partial charge on any atom is 0.339 e. The van der Waals surface area contributed by atoms with Crippen LogP contribution in [0.1, 0.15) is 10.4 Å². The SMILES string of the molecule is O=C(O)c1ccccc1Oc1c(F)c(F)c(S(=O)(=O)O)c(F)c1F. The molecule has 0 aliphatic heterocycles. The molecule has 0 amide bonds. The zero-order valence-electron chi connectivity index (χ0n) is 11.3. The van der Waals surface area contributed by atoms with Crippen molar-refractivity contribution in [2.24, 2.45) is 0 Å². The maximum absolute atomic E-state index is 13.8. The van der Waals surface area contributed by atoms with Gasteiger partial charge in [0.2, 0.25) is 17.4 Å². The van der Waals surface area contributed by atoms with Crippen LogP contribution in [0.25, 0.3) is 0 Å². The molecule has 0 atom stereocenters. The molecule has 2 N–H and O–H groups in total. The van der Waals surface area contributed by atoms with Crippen LogP contribution >= 0.6 is 0 Å². The number of hydrogen-bond acceptors (Lipinski definition) is 4. The number of para-hydroxylation sites is 1. The first-order valence-electron chi connectivity index (χ1n) is 5.89. The van der Waals surface area contributed by atoms with E-state index < -0.39 is 61.3 Å². The van der Waals surface area contributed by atoms with E-state index in [4.69, 9.17) is 9.66 Å². The molecule has 6 nitrogen and oxygen atoms in total. The van der Waals surface area contributed by atoms with Gasteiger partial charge in [-0.05, 0) is 12.1 Å². The van der Waals surface area contributed by atoms with Crippen molar-refractivity contribution in [3.63, 3.8) is 0 Å². The minimum Gasteiger partial charge on any atom is -0.478 e. The Kier molecular flexibility index (Phi) is 4.49. The van der Waals surface area contributed by atoms with Gasteiger partial charge in [0, 0.05) is 0 Å². The van der Waals surface area contributed by atoms with Gasteiger partial charge in [-0.15, -0.1) is 0 Å². The van der Waals surface area contributed by atoms with Gasteiger partial charge in [-0.2, -0.15) is 17.2 Å². The standard InChI is InChI=1S/C13H6F4O6S/c14-7-9(16)12(24(20,21)22)10(17)8(15)11(7)23-6-4-2-1-3-5(6)13(18)19/h1-4H,(H,18,19)(H,20,21,22). The van der Waals surface area contributed by atoms with Gasteiger partial charge in [-0.25, -0.2) is 13.6 Å². The second-order valence-electron chi connectivity index (χ2n) is 4.29. The molecule has 0 heterocycles. The third kappa shape index (κ3) is 3.03. The van der Waals surface area contributed by atoms with E-state index in [0.717, 1.165) is 12.1 Å². The first kappa shape index (κ1) is 17.7. The molecule has 0 spiro atoms. The molecular weight excluding hydrogens is 360 g/mol. The second-order valence-corrected chi connectivity index (χ2v) is 5.65. The number of benzene rings is 2. The van der Waals surface area contributed by atoms with Crippen LogP contribution in [0.3, 0.4) is 0 Å². The normalized spacial score (nSPS) is 11.4. The molecule has 0 fully saturated rings. The van der Waals surface area contributed by atoms with E-state index in [1.165, 1.54) is 12.1 Å². The van der Waals surface area contributed by atoms with Crippen molar-refractivity contribution in [3.8, 4) is 11.5 Å². The summed E-state index contributed by atoms with van der Waals surface area (Å²) in [5.41, 5.74) is -0.573. The predicted molar refractivity (Wildman–Crippen MR) is 69.6 cm³/mol. The summed E-state index contributed by atoms with van der Waals surface area (Å²) in [6.07, 6.45) is 0. The molecule has 2 rings (SSSR count). The number of rotatable bonds is 4. The summed E-state index contributed by atoms with van der Waals surface area (Å²) in [5, 5.41) is 8.91. The van der Waals surface area contributed by atoms with Crippen LogP contribution in [0.2, 0.25) is 0 Å². The van der Waals surface area contributed by atoms with Crippen molar-refractivity contribution in [2.45, 2.75) is 4.90 Å². The van der Waals surface area contributed by atoms with Crippen LogP contribution in [0, 0.1) is 23.3 Å². The van der Waals surface area contributed by atoms with Crippen LogP contribution in [-0.2, 0) is 10.1 Å². The first-order valence-corrected chi connectivity index (χ1v) is 7.33. The quantitative estimate of drug-likeness (QED) is 0.490. The average molecular weight is 366 g/mol. The second kappa shape index (κ2) is 6.09. The van der Waals surface area contributed by atoms with Crippen LogP contribution < -0.4 is 4.74 Å². The highest BCUT2D eigenvalue weighted by atomic mass is 32.2. The van der Waals surface area contributed by atoms with E-state index in [-0.39, 0.29) is 0 Å². The van der Waals surface area contributed by atoms with Gasteiger partial charge in [0.05, 0.1) is 0 Å². The molecule has 0 saturated heterocycles. The Bertz CT molecular complexity index is 913. The highest BCUT2D eigenvalue weighted by molar-refractivity contribution is 7.85. The van der Waals surface area contributed by atoms with E-state index in [1.54, 1.807) is 0 Å². The smallest absolute Gasteiger partial charge is 0.339 e. The maximum atomic E-state index is 13.8. The lowest BCUT2D eigenvalue weighted by Gasteiger charge is -2.12. The van der Waals surface area contributed by atoms with Gasteiger partial charge in [0.15, 0.2) is 16.5 Å². The molecule has 0 aliphatic carbocycles. The summed E-state index contributed by atoms with van der Waals surface area (Å²) in [6, 6.07) is 4.42. The van der Waals surface area contributed by atoms with Crippen molar-refractivity contribution in [1.29, 1.82) is 0 Å². The summed E-state index contributed by atoms with van der Waals surface area (Å²) in [5.74, 6) is -13.3. The van der Waals surface area contributed by atoms with E-state index >= 15 is 0 Å². The minimum absolute atomic E-state index is 0.573. The molecule has 0 aliphatic rings. The fourth-order valence-electron chi connectivity index (χ4n) is 1.75. The Labute approximate surface area is 131 Å². The van der Waals surface area contributed by atoms with Crippen molar-refractivity contribution in [1.82, 2.24) is 0 Å². The van der Waals surface area contributed by atoms with Gasteiger partial charge in [-0.3, -0.25) is 4.55 Å². The lowest BCUT2D eigenvalue weighted by Crippen LogP contribution is -2.11. The summed E-state index contributed by atoms with van der Waals surface area (Å²) in [6.45, 7) is 0. The highest BCUT2D eigenvalue weighted by Crippen LogP contribution is 2.36. The number of carboxylic acid groups (broad SMARTS) is 1. The fraction of sp³-hybridized carbons (Fsp3) is 0. The molecule has 2 aromatic rings. The van der Waals surface area contributed by atoms with Gasteiger partial charge >= 0.3 is 16.1 Å². The summed E-state index contributed by atoms with van der Waals surface area (Å²) >= 11 is 0. The lowest BCUT2D eigenvalue weighted by molar-refractivity contribution is 0.0694. The predicted octanol–water partition coefficient (Wildman–Crippen LogP) is 2.98. The fourth-order valence-corrected chi connectivity index (χ4v) is 2.38.